The van der Waals surface area contributed by atoms with Crippen LogP contribution < -0.4 is 28.4 Å². The van der Waals surface area contributed by atoms with Gasteiger partial charge in [0.05, 0.1) is 60.5 Å². The highest BCUT2D eigenvalue weighted by atomic mass is 16.6. The molecule has 1 aliphatic rings. The van der Waals surface area contributed by atoms with E-state index in [4.69, 9.17) is 37.9 Å². The molecule has 0 aromatic heterocycles. The van der Waals surface area contributed by atoms with Crippen molar-refractivity contribution in [1.82, 2.24) is 9.80 Å². The predicted molar refractivity (Wildman–Crippen MR) is 280 cm³/mol. The Bertz CT molecular complexity index is 2620. The quantitative estimate of drug-likeness (QED) is 0.0134. The minimum absolute atomic E-state index is 0.0190. The van der Waals surface area contributed by atoms with Crippen LogP contribution in [0.3, 0.4) is 0 Å². The second-order valence-electron chi connectivity index (χ2n) is 17.5. The molecule has 18 nitrogen and oxygen atoms in total. The maximum atomic E-state index is 13.7. The maximum absolute atomic E-state index is 13.7. The molecule has 0 radical (unpaired) electrons. The molecule has 406 valence electrons. The van der Waals surface area contributed by atoms with Gasteiger partial charge in [0.2, 0.25) is 0 Å². The summed E-state index contributed by atoms with van der Waals surface area (Å²) in [6.45, 7) is 16.9. The Morgan fingerprint density at radius 2 is 0.921 bits per heavy atom. The monoisotopic (exact) mass is 1050 g/mol. The molecule has 2 amide bonds. The third-order valence-electron chi connectivity index (χ3n) is 12.4. The third kappa shape index (κ3) is 17.7. The number of ether oxygens (including phenoxy) is 8. The minimum atomic E-state index is -1.01. The van der Waals surface area contributed by atoms with Crippen molar-refractivity contribution >= 4 is 41.7 Å². The topological polar surface area (TPSA) is 220 Å². The van der Waals surface area contributed by atoms with Gasteiger partial charge in [0.1, 0.15) is 34.5 Å². The Kier molecular flexibility index (Phi) is 23.7. The van der Waals surface area contributed by atoms with E-state index in [9.17, 15) is 38.7 Å². The lowest BCUT2D eigenvalue weighted by molar-refractivity contribution is -0.145. The van der Waals surface area contributed by atoms with Gasteiger partial charge in [-0.25, -0.2) is 14.4 Å². The van der Waals surface area contributed by atoms with Gasteiger partial charge in [-0.3, -0.25) is 19.2 Å². The molecule has 4 aromatic rings. The van der Waals surface area contributed by atoms with E-state index in [-0.39, 0.29) is 51.9 Å². The first kappa shape index (κ1) is 59.1. The van der Waals surface area contributed by atoms with Crippen molar-refractivity contribution in [1.29, 1.82) is 0 Å². The molecule has 1 aliphatic carbocycles. The van der Waals surface area contributed by atoms with E-state index in [0.29, 0.717) is 109 Å². The van der Waals surface area contributed by atoms with Gasteiger partial charge in [-0.15, -0.1) is 0 Å². The number of amides is 2. The fraction of sp³-hybridized carbons (Fsp3) is 0.397. The zero-order chi connectivity index (χ0) is 55.0. The molecule has 1 unspecified atom stereocenters. The van der Waals surface area contributed by atoms with Crippen LogP contribution in [0.25, 0.3) is 0 Å². The Hall–Kier alpha value is -7.83. The fourth-order valence-corrected chi connectivity index (χ4v) is 7.97. The summed E-state index contributed by atoms with van der Waals surface area (Å²) in [7, 11) is 0. The zero-order valence-electron chi connectivity index (χ0n) is 43.7. The van der Waals surface area contributed by atoms with Crippen molar-refractivity contribution in [2.45, 2.75) is 85.4 Å². The maximum Gasteiger partial charge on any atom is 0.343 e. The number of esters is 5. The van der Waals surface area contributed by atoms with E-state index < -0.39 is 59.8 Å². The second-order valence-corrected chi connectivity index (χ2v) is 17.5. The minimum Gasteiger partial charge on any atom is -0.494 e. The van der Waals surface area contributed by atoms with Crippen molar-refractivity contribution in [3.8, 4) is 34.5 Å². The van der Waals surface area contributed by atoms with Gasteiger partial charge in [0.15, 0.2) is 6.29 Å². The van der Waals surface area contributed by atoms with Crippen LogP contribution in [0.5, 0.6) is 34.5 Å². The zero-order valence-corrected chi connectivity index (χ0v) is 43.7. The lowest BCUT2D eigenvalue weighted by atomic mass is 9.82. The largest absolute Gasteiger partial charge is 0.494 e. The fourth-order valence-electron chi connectivity index (χ4n) is 7.97. The van der Waals surface area contributed by atoms with Crippen molar-refractivity contribution in [2.75, 3.05) is 52.6 Å². The molecule has 0 aliphatic heterocycles. The number of aliphatic hydroxyl groups is 1. The molecule has 4 aromatic carbocycles. The van der Waals surface area contributed by atoms with Gasteiger partial charge >= 0.3 is 29.8 Å². The molecule has 0 saturated heterocycles. The van der Waals surface area contributed by atoms with Crippen LogP contribution >= 0.6 is 0 Å². The van der Waals surface area contributed by atoms with E-state index in [0.717, 1.165) is 6.08 Å². The van der Waals surface area contributed by atoms with E-state index in [1.165, 1.54) is 54.6 Å². The molecule has 1 atom stereocenters. The lowest BCUT2D eigenvalue weighted by Crippen LogP contribution is -2.32. The highest BCUT2D eigenvalue weighted by Crippen LogP contribution is 2.34. The SMILES string of the molecule is C=CC(=O)OCCCCOc1ccc(C(=O)Oc2ccc(OC(=O)C3CCC(C(=O)Oc4ccc(OC(=O)c5ccc(OCCCCOC(O)C=C)cc5)c(C(=O)N(CC)CC)c4)CC3)cc2C(=O)N(CC)CC)cc1. The number of unbranched alkanes of at least 4 members (excludes halogenated alkanes) is 2. The summed E-state index contributed by atoms with van der Waals surface area (Å²) in [6, 6.07) is 21.1. The smallest absolute Gasteiger partial charge is 0.343 e. The molecular formula is C58H68N2O16. The van der Waals surface area contributed by atoms with Crippen molar-refractivity contribution in [3.05, 3.63) is 132 Å². The van der Waals surface area contributed by atoms with Gasteiger partial charge in [-0.1, -0.05) is 13.2 Å². The average Bonchev–Trinajstić information content (AvgIpc) is 3.44. The molecule has 0 bridgehead atoms. The summed E-state index contributed by atoms with van der Waals surface area (Å²) in [6.07, 6.45) is 5.19. The Labute approximate surface area is 443 Å². The summed E-state index contributed by atoms with van der Waals surface area (Å²) >= 11 is 0. The third-order valence-corrected chi connectivity index (χ3v) is 12.4. The first-order valence-electron chi connectivity index (χ1n) is 25.6. The van der Waals surface area contributed by atoms with Gasteiger partial charge < -0.3 is 52.8 Å². The number of rotatable bonds is 29. The molecule has 0 spiro atoms. The van der Waals surface area contributed by atoms with Crippen LogP contribution in [-0.4, -0.2) is 115 Å². The van der Waals surface area contributed by atoms with E-state index in [1.807, 2.05) is 27.7 Å². The standard InChI is InChI=1S/C58H68N2O16/c1-7-51(61)71-35-15-13-33-69-43-25-21-41(22-26-43)57(67)75-49-31-29-45(37-47(49)53(63)59(9-3)10-4)73-55(65)39-17-19-40(20-18-39)56(66)74-46-30-32-50(48(38-46)54(64)60(11-5)12-6)76-58(68)42-23-27-44(28-24-42)70-34-14-16-36-72-52(62)8-2/h7-8,21-32,37-40,51,61H,1-2,9-20,33-36H2,3-6H3. The number of hydrogen-bond acceptors (Lipinski definition) is 16. The number of carbonyl (C=O) groups is 7. The van der Waals surface area contributed by atoms with Crippen LogP contribution in [0.4, 0.5) is 0 Å². The van der Waals surface area contributed by atoms with Crippen LogP contribution in [0.15, 0.2) is 110 Å². The summed E-state index contributed by atoms with van der Waals surface area (Å²) in [5.41, 5.74) is 0.467. The van der Waals surface area contributed by atoms with Crippen molar-refractivity contribution in [2.24, 2.45) is 11.8 Å². The van der Waals surface area contributed by atoms with Crippen molar-refractivity contribution < 1.29 is 76.6 Å². The van der Waals surface area contributed by atoms with E-state index >= 15 is 0 Å². The van der Waals surface area contributed by atoms with Gasteiger partial charge in [-0.05, 0) is 170 Å². The molecule has 5 rings (SSSR count). The van der Waals surface area contributed by atoms with E-state index in [2.05, 4.69) is 13.2 Å². The van der Waals surface area contributed by atoms with Crippen LogP contribution in [0.2, 0.25) is 0 Å². The Morgan fingerprint density at radius 3 is 1.30 bits per heavy atom. The normalized spacial score (nSPS) is 14.2. The number of carbonyl (C=O) groups excluding carboxylic acids is 7. The first-order valence-corrected chi connectivity index (χ1v) is 25.6. The highest BCUT2D eigenvalue weighted by molar-refractivity contribution is 6.01. The summed E-state index contributed by atoms with van der Waals surface area (Å²) < 4.78 is 44.6. The summed E-state index contributed by atoms with van der Waals surface area (Å²) in [5, 5.41) is 9.40. The predicted octanol–water partition coefficient (Wildman–Crippen LogP) is 8.97. The molecule has 76 heavy (non-hydrogen) atoms. The number of benzene rings is 4. The molecule has 1 saturated carbocycles. The number of hydrogen-bond donors (Lipinski definition) is 1. The first-order chi connectivity index (χ1) is 36.7. The van der Waals surface area contributed by atoms with Gasteiger partial charge in [-0.2, -0.15) is 0 Å². The van der Waals surface area contributed by atoms with E-state index in [1.54, 1.807) is 46.2 Å². The average molecular weight is 1050 g/mol. The van der Waals surface area contributed by atoms with Gasteiger partial charge in [0, 0.05) is 32.3 Å². The Balaban J connectivity index is 1.16. The molecule has 1 N–H and O–H groups in total. The van der Waals surface area contributed by atoms with Crippen LogP contribution in [0.1, 0.15) is 120 Å². The summed E-state index contributed by atoms with van der Waals surface area (Å²) in [5.74, 6) is -3.85. The molecule has 18 heteroatoms. The lowest BCUT2D eigenvalue weighted by Gasteiger charge is -2.26. The van der Waals surface area contributed by atoms with Gasteiger partial charge in [0.25, 0.3) is 11.8 Å². The van der Waals surface area contributed by atoms with Crippen molar-refractivity contribution in [3.63, 3.8) is 0 Å². The highest BCUT2D eigenvalue weighted by Gasteiger charge is 2.33. The molecule has 1 fully saturated rings. The number of nitrogens with zero attached hydrogens (tertiary/aromatic N) is 2. The van der Waals surface area contributed by atoms with Crippen LogP contribution in [-0.2, 0) is 23.9 Å². The van der Waals surface area contributed by atoms with Crippen LogP contribution in [0, 0.1) is 11.8 Å². The summed E-state index contributed by atoms with van der Waals surface area (Å²) in [4.78, 5) is 95.5. The molecule has 0 heterocycles. The number of aliphatic hydroxyl groups excluding tert-OH is 1. The molecular weight excluding hydrogens is 981 g/mol. The Morgan fingerprint density at radius 1 is 0.539 bits per heavy atom. The second kappa shape index (κ2) is 30.5.